The van der Waals surface area contributed by atoms with Crippen LogP contribution in [-0.4, -0.2) is 47.9 Å². The summed E-state index contributed by atoms with van der Waals surface area (Å²) in [7, 11) is 0. The number of rotatable bonds is 12. The van der Waals surface area contributed by atoms with Crippen LogP contribution in [0.15, 0.2) is 28.0 Å². The van der Waals surface area contributed by atoms with Gasteiger partial charge in [-0.05, 0) is 45.6 Å². The molecule has 29 heavy (non-hydrogen) atoms. The summed E-state index contributed by atoms with van der Waals surface area (Å²) >= 11 is 0. The van der Waals surface area contributed by atoms with Gasteiger partial charge in [0.05, 0.1) is 5.57 Å². The summed E-state index contributed by atoms with van der Waals surface area (Å²) in [5, 5.41) is 8.02. The zero-order chi connectivity index (χ0) is 22.9. The van der Waals surface area contributed by atoms with Gasteiger partial charge in [0.25, 0.3) is 0 Å². The molecule has 0 heterocycles. The standard InChI is InChI=1S/C18H31F3N2.C4H8O2/c1-6-10-11-13-23(12-7-2)17(15(5)8-3)22-14-16(9-4)18(19,20)21;1-4(6)2-3-5/h9,14H,6-8,10-13H2,1-5H3;5H,2-3H2,1H3/b16-9+,17-15?,22-14-;. The number of hydrogen-bond acceptors (Lipinski definition) is 4. The van der Waals surface area contributed by atoms with Crippen LogP contribution in [0, 0.1) is 0 Å². The molecule has 0 unspecified atom stereocenters. The van der Waals surface area contributed by atoms with E-state index in [0.717, 1.165) is 63.1 Å². The van der Waals surface area contributed by atoms with Gasteiger partial charge in [-0.2, -0.15) is 13.2 Å². The van der Waals surface area contributed by atoms with Crippen molar-refractivity contribution in [2.24, 2.45) is 4.99 Å². The smallest absolute Gasteiger partial charge is 0.396 e. The van der Waals surface area contributed by atoms with E-state index >= 15 is 0 Å². The van der Waals surface area contributed by atoms with E-state index in [2.05, 4.69) is 23.7 Å². The predicted molar refractivity (Wildman–Crippen MR) is 115 cm³/mol. The second kappa shape index (κ2) is 17.2. The summed E-state index contributed by atoms with van der Waals surface area (Å²) in [5.41, 5.74) is 0.313. The lowest BCUT2D eigenvalue weighted by Gasteiger charge is -2.26. The topological polar surface area (TPSA) is 52.9 Å². The van der Waals surface area contributed by atoms with Crippen LogP contribution in [0.5, 0.6) is 0 Å². The van der Waals surface area contributed by atoms with E-state index in [0.29, 0.717) is 12.2 Å². The number of hydrogen-bond donors (Lipinski definition) is 1. The minimum atomic E-state index is -4.36. The first-order valence-corrected chi connectivity index (χ1v) is 10.4. The van der Waals surface area contributed by atoms with Gasteiger partial charge in [0.1, 0.15) is 11.6 Å². The number of carbonyl (C=O) groups is 1. The summed E-state index contributed by atoms with van der Waals surface area (Å²) in [6.45, 7) is 12.6. The molecule has 0 aromatic heterocycles. The Balaban J connectivity index is 0. The van der Waals surface area contributed by atoms with E-state index in [1.54, 1.807) is 0 Å². The number of aliphatic hydroxyl groups is 1. The molecule has 0 saturated heterocycles. The van der Waals surface area contributed by atoms with Crippen molar-refractivity contribution in [1.82, 2.24) is 4.90 Å². The third-order valence-electron chi connectivity index (χ3n) is 4.16. The molecule has 0 bridgehead atoms. The molecule has 0 atom stereocenters. The van der Waals surface area contributed by atoms with Crippen molar-refractivity contribution in [1.29, 1.82) is 0 Å². The Labute approximate surface area is 174 Å². The molecule has 0 aromatic rings. The monoisotopic (exact) mass is 420 g/mol. The fourth-order valence-corrected chi connectivity index (χ4v) is 2.37. The zero-order valence-electron chi connectivity index (χ0n) is 18.9. The molecular formula is C22H39F3N2O2. The highest BCUT2D eigenvalue weighted by molar-refractivity contribution is 5.81. The quantitative estimate of drug-likeness (QED) is 0.308. The number of carbonyl (C=O) groups excluding carboxylic acids is 1. The van der Waals surface area contributed by atoms with Gasteiger partial charge in [-0.3, -0.25) is 4.79 Å². The molecule has 0 spiro atoms. The van der Waals surface area contributed by atoms with E-state index < -0.39 is 11.7 Å². The van der Waals surface area contributed by atoms with E-state index in [4.69, 9.17) is 5.11 Å². The Hall–Kier alpha value is -1.63. The molecule has 0 saturated carbocycles. The first-order valence-electron chi connectivity index (χ1n) is 10.4. The first-order chi connectivity index (χ1) is 13.6. The Kier molecular flexibility index (Phi) is 17.6. The molecule has 4 nitrogen and oxygen atoms in total. The van der Waals surface area contributed by atoms with Crippen LogP contribution < -0.4 is 0 Å². The van der Waals surface area contributed by atoms with Gasteiger partial charge in [-0.15, -0.1) is 0 Å². The molecule has 0 radical (unpaired) electrons. The van der Waals surface area contributed by atoms with Gasteiger partial charge in [0.15, 0.2) is 0 Å². The molecule has 0 fully saturated rings. The molecule has 0 aromatic carbocycles. The lowest BCUT2D eigenvalue weighted by molar-refractivity contribution is -0.117. The Morgan fingerprint density at radius 2 is 1.69 bits per heavy atom. The first kappa shape index (κ1) is 29.6. The van der Waals surface area contributed by atoms with Crippen molar-refractivity contribution in [3.05, 3.63) is 23.0 Å². The predicted octanol–water partition coefficient (Wildman–Crippen LogP) is 6.07. The Morgan fingerprint density at radius 3 is 2.03 bits per heavy atom. The number of alkyl halides is 3. The summed E-state index contributed by atoms with van der Waals surface area (Å²) in [5.74, 6) is 0.728. The van der Waals surface area contributed by atoms with Crippen LogP contribution in [0.1, 0.15) is 80.1 Å². The summed E-state index contributed by atoms with van der Waals surface area (Å²) in [6, 6.07) is 0. The summed E-state index contributed by atoms with van der Waals surface area (Å²) < 4.78 is 38.6. The number of unbranched alkanes of at least 4 members (excludes halogenated alkanes) is 2. The van der Waals surface area contributed by atoms with Gasteiger partial charge in [-0.1, -0.05) is 39.7 Å². The SMILES string of the molecule is C/C=C(\C=N/C(=C(C)CC)N(CCC)CCCCC)C(F)(F)F.CC(=O)CCO. The largest absolute Gasteiger partial charge is 0.417 e. The number of halogens is 3. The maximum absolute atomic E-state index is 12.9. The highest BCUT2D eigenvalue weighted by Gasteiger charge is 2.31. The average Bonchev–Trinajstić information content (AvgIpc) is 2.64. The highest BCUT2D eigenvalue weighted by atomic mass is 19.4. The Morgan fingerprint density at radius 1 is 1.07 bits per heavy atom. The van der Waals surface area contributed by atoms with Crippen molar-refractivity contribution < 1.29 is 23.1 Å². The fourth-order valence-electron chi connectivity index (χ4n) is 2.37. The van der Waals surface area contributed by atoms with Crippen LogP contribution in [0.25, 0.3) is 0 Å². The van der Waals surface area contributed by atoms with E-state index in [-0.39, 0.29) is 12.4 Å². The molecule has 0 amide bonds. The van der Waals surface area contributed by atoms with Gasteiger partial charge in [-0.25, -0.2) is 4.99 Å². The number of aliphatic imine (C=N–C) groups is 1. The normalized spacial score (nSPS) is 13.1. The lowest BCUT2D eigenvalue weighted by Crippen LogP contribution is -2.26. The van der Waals surface area contributed by atoms with Crippen LogP contribution in [-0.2, 0) is 4.79 Å². The zero-order valence-corrected chi connectivity index (χ0v) is 18.9. The summed E-state index contributed by atoms with van der Waals surface area (Å²) in [6.07, 6.45) is 2.93. The van der Waals surface area contributed by atoms with Crippen LogP contribution in [0.3, 0.4) is 0 Å². The molecule has 1 N–H and O–H groups in total. The van der Waals surface area contributed by atoms with Gasteiger partial charge in [0.2, 0.25) is 0 Å². The second-order valence-electron chi connectivity index (χ2n) is 6.83. The maximum atomic E-state index is 12.9. The third-order valence-corrected chi connectivity index (χ3v) is 4.16. The maximum Gasteiger partial charge on any atom is 0.417 e. The van der Waals surface area contributed by atoms with E-state index in [9.17, 15) is 18.0 Å². The van der Waals surface area contributed by atoms with Crippen LogP contribution in [0.2, 0.25) is 0 Å². The molecule has 0 aliphatic rings. The number of allylic oxidation sites excluding steroid dienone is 3. The highest BCUT2D eigenvalue weighted by Crippen LogP contribution is 2.25. The van der Waals surface area contributed by atoms with Crippen molar-refractivity contribution >= 4 is 12.0 Å². The Bertz CT molecular complexity index is 539. The minimum absolute atomic E-state index is 0.0185. The number of nitrogens with zero attached hydrogens (tertiary/aromatic N) is 2. The van der Waals surface area contributed by atoms with Crippen LogP contribution >= 0.6 is 0 Å². The molecule has 170 valence electrons. The van der Waals surface area contributed by atoms with Crippen molar-refractivity contribution in [2.75, 3.05) is 19.7 Å². The molecule has 0 rings (SSSR count). The molecular weight excluding hydrogens is 381 g/mol. The van der Waals surface area contributed by atoms with E-state index in [1.807, 2.05) is 13.8 Å². The van der Waals surface area contributed by atoms with Crippen LogP contribution in [0.4, 0.5) is 13.2 Å². The fraction of sp³-hybridized carbons (Fsp3) is 0.727. The van der Waals surface area contributed by atoms with E-state index in [1.165, 1.54) is 13.8 Å². The van der Waals surface area contributed by atoms with Gasteiger partial charge < -0.3 is 10.0 Å². The number of aliphatic hydroxyl groups excluding tert-OH is 1. The summed E-state index contributed by atoms with van der Waals surface area (Å²) in [4.78, 5) is 16.2. The minimum Gasteiger partial charge on any atom is -0.396 e. The lowest BCUT2D eigenvalue weighted by atomic mass is 10.2. The van der Waals surface area contributed by atoms with Crippen molar-refractivity contribution in [3.63, 3.8) is 0 Å². The van der Waals surface area contributed by atoms with Crippen molar-refractivity contribution in [2.45, 2.75) is 86.2 Å². The average molecular weight is 421 g/mol. The molecule has 7 heteroatoms. The third kappa shape index (κ3) is 14.9. The second-order valence-corrected chi connectivity index (χ2v) is 6.83. The number of Topliss-reactive ketones (excluding diaryl/α,β-unsaturated/α-hetero) is 1. The van der Waals surface area contributed by atoms with Gasteiger partial charge in [0, 0.05) is 32.3 Å². The molecule has 0 aliphatic carbocycles. The molecule has 0 aliphatic heterocycles. The van der Waals surface area contributed by atoms with Gasteiger partial charge >= 0.3 is 6.18 Å². The number of ketones is 1. The van der Waals surface area contributed by atoms with Crippen molar-refractivity contribution in [3.8, 4) is 0 Å².